The number of esters is 2. The van der Waals surface area contributed by atoms with Crippen molar-refractivity contribution < 1.29 is 53.8 Å². The molecular weight excluding hydrogens is 692 g/mol. The summed E-state index contributed by atoms with van der Waals surface area (Å²) < 4.78 is 21.5. The molecule has 0 bridgehead atoms. The van der Waals surface area contributed by atoms with E-state index in [0.717, 1.165) is 44.9 Å². The first-order valence-corrected chi connectivity index (χ1v) is 20.3. The number of rotatable bonds is 32. The van der Waals surface area contributed by atoms with Crippen LogP contribution in [-0.4, -0.2) is 88.4 Å². The Balaban J connectivity index is 2.49. The molecule has 0 aromatic heterocycles. The third-order valence-corrected chi connectivity index (χ3v) is 8.91. The third-order valence-electron chi connectivity index (χ3n) is 8.91. The zero-order valence-electron chi connectivity index (χ0n) is 32.9. The van der Waals surface area contributed by atoms with Crippen molar-refractivity contribution in [2.45, 2.75) is 179 Å². The number of hydrogen-bond donors (Lipinski definition) is 4. The molecule has 1 heterocycles. The van der Waals surface area contributed by atoms with Crippen molar-refractivity contribution in [3.63, 3.8) is 0 Å². The van der Waals surface area contributed by atoms with Gasteiger partial charge in [0.15, 0.2) is 18.5 Å². The predicted molar refractivity (Wildman–Crippen MR) is 210 cm³/mol. The minimum Gasteiger partial charge on any atom is -0.479 e. The lowest BCUT2D eigenvalue weighted by molar-refractivity contribution is -0.298. The monoisotopic (exact) mass is 762 g/mol. The molecule has 11 heteroatoms. The van der Waals surface area contributed by atoms with E-state index >= 15 is 0 Å². The molecule has 0 radical (unpaired) electrons. The van der Waals surface area contributed by atoms with Gasteiger partial charge < -0.3 is 39.4 Å². The molecule has 6 unspecified atom stereocenters. The number of aliphatic hydroxyl groups is 3. The van der Waals surface area contributed by atoms with Crippen LogP contribution in [0.3, 0.4) is 0 Å². The number of hydrogen-bond acceptors (Lipinski definition) is 10. The number of allylic oxidation sites excluding steroid dienone is 9. The molecule has 0 aromatic carbocycles. The standard InChI is InChI=1S/C43H70O11/c1-3-5-7-9-11-13-15-17-18-20-21-23-25-27-29-31-36(44)51-33-35(34-52-43-40(48)38(46)39(47)41(54-43)42(49)50)53-37(45)32-30-28-26-24-22-19-16-14-12-10-8-6-4-2/h5,7,11,13,17-18,21,23,27,29,35,38-41,43,46-48H,3-4,6,8-10,12,14-16,19-20,22,24-26,28,30-34H2,1-2H3,(H,49,50)/b7-5-,13-11-,18-17-,23-21-,29-27-. The lowest BCUT2D eigenvalue weighted by atomic mass is 9.99. The molecule has 1 saturated heterocycles. The molecular formula is C43H70O11. The van der Waals surface area contributed by atoms with E-state index in [1.165, 1.54) is 57.8 Å². The van der Waals surface area contributed by atoms with Gasteiger partial charge in [-0.05, 0) is 38.5 Å². The second kappa shape index (κ2) is 33.3. The Morgan fingerprint density at radius 1 is 0.593 bits per heavy atom. The maximum absolute atomic E-state index is 12.7. The SMILES string of the molecule is CC/C=C\C/C=C\C/C=C\C/C=C\C/C=C\CC(=O)OCC(COC1OC(C(=O)O)C(O)C(O)C1O)OC(=O)CCCCCCCCCCCCCCC. The fraction of sp³-hybridized carbons (Fsp3) is 0.698. The van der Waals surface area contributed by atoms with Crippen LogP contribution in [0.15, 0.2) is 60.8 Å². The largest absolute Gasteiger partial charge is 0.479 e. The van der Waals surface area contributed by atoms with E-state index in [2.05, 4.69) is 56.4 Å². The van der Waals surface area contributed by atoms with Gasteiger partial charge in [0.05, 0.1) is 13.0 Å². The number of carboxylic acid groups (broad SMARTS) is 1. The number of carboxylic acids is 1. The van der Waals surface area contributed by atoms with E-state index < -0.39 is 61.3 Å². The summed E-state index contributed by atoms with van der Waals surface area (Å²) >= 11 is 0. The van der Waals surface area contributed by atoms with Crippen molar-refractivity contribution in [1.29, 1.82) is 0 Å². The van der Waals surface area contributed by atoms with Gasteiger partial charge in [0, 0.05) is 6.42 Å². The van der Waals surface area contributed by atoms with Crippen LogP contribution in [0.4, 0.5) is 0 Å². The average Bonchev–Trinajstić information content (AvgIpc) is 3.15. The zero-order chi connectivity index (χ0) is 39.7. The van der Waals surface area contributed by atoms with E-state index in [-0.39, 0.29) is 19.4 Å². The molecule has 308 valence electrons. The maximum atomic E-state index is 12.7. The number of unbranched alkanes of at least 4 members (excludes halogenated alkanes) is 12. The second-order valence-corrected chi connectivity index (χ2v) is 13.8. The van der Waals surface area contributed by atoms with Crippen molar-refractivity contribution in [1.82, 2.24) is 0 Å². The Kier molecular flexibility index (Phi) is 30.1. The lowest BCUT2D eigenvalue weighted by Crippen LogP contribution is -2.60. The van der Waals surface area contributed by atoms with E-state index in [1.807, 2.05) is 12.2 Å². The first-order chi connectivity index (χ1) is 26.2. The first kappa shape index (κ1) is 48.9. The quantitative estimate of drug-likeness (QED) is 0.0298. The van der Waals surface area contributed by atoms with Gasteiger partial charge in [0.2, 0.25) is 0 Å². The summed E-state index contributed by atoms with van der Waals surface area (Å²) in [7, 11) is 0. The first-order valence-electron chi connectivity index (χ1n) is 20.3. The molecule has 1 fully saturated rings. The Bertz CT molecular complexity index is 1130. The highest BCUT2D eigenvalue weighted by molar-refractivity contribution is 5.73. The molecule has 4 N–H and O–H groups in total. The minimum absolute atomic E-state index is 0.00280. The summed E-state index contributed by atoms with van der Waals surface area (Å²) in [6.07, 6.45) is 30.2. The van der Waals surface area contributed by atoms with E-state index in [4.69, 9.17) is 18.9 Å². The Morgan fingerprint density at radius 3 is 1.57 bits per heavy atom. The van der Waals surface area contributed by atoms with Crippen LogP contribution in [-0.2, 0) is 33.3 Å². The smallest absolute Gasteiger partial charge is 0.335 e. The summed E-state index contributed by atoms with van der Waals surface area (Å²) in [6, 6.07) is 0. The Labute approximate surface area is 324 Å². The van der Waals surface area contributed by atoms with Crippen molar-refractivity contribution in [3.05, 3.63) is 60.8 Å². The Morgan fingerprint density at radius 2 is 1.07 bits per heavy atom. The van der Waals surface area contributed by atoms with Gasteiger partial charge in [-0.2, -0.15) is 0 Å². The summed E-state index contributed by atoms with van der Waals surface area (Å²) in [4.78, 5) is 36.6. The maximum Gasteiger partial charge on any atom is 0.335 e. The number of aliphatic hydroxyl groups excluding tert-OH is 3. The van der Waals surface area contributed by atoms with Crippen molar-refractivity contribution in [2.75, 3.05) is 13.2 Å². The predicted octanol–water partition coefficient (Wildman–Crippen LogP) is 7.97. The topological polar surface area (TPSA) is 169 Å². The number of aliphatic carboxylic acids is 1. The van der Waals surface area contributed by atoms with Crippen LogP contribution < -0.4 is 0 Å². The van der Waals surface area contributed by atoms with Crippen LogP contribution in [0.1, 0.15) is 142 Å². The van der Waals surface area contributed by atoms with Gasteiger partial charge in [-0.1, -0.05) is 152 Å². The van der Waals surface area contributed by atoms with Gasteiger partial charge in [0.1, 0.15) is 24.9 Å². The molecule has 0 saturated carbocycles. The molecule has 11 nitrogen and oxygen atoms in total. The summed E-state index contributed by atoms with van der Waals surface area (Å²) in [5.41, 5.74) is 0. The molecule has 0 spiro atoms. The second-order valence-electron chi connectivity index (χ2n) is 13.8. The highest BCUT2D eigenvalue weighted by atomic mass is 16.7. The lowest BCUT2D eigenvalue weighted by Gasteiger charge is -2.38. The van der Waals surface area contributed by atoms with E-state index in [0.29, 0.717) is 12.8 Å². The Hall–Kier alpha value is -3.09. The van der Waals surface area contributed by atoms with Gasteiger partial charge in [-0.25, -0.2) is 4.79 Å². The van der Waals surface area contributed by atoms with Crippen LogP contribution >= 0.6 is 0 Å². The summed E-state index contributed by atoms with van der Waals surface area (Å²) in [6.45, 7) is 3.58. The zero-order valence-corrected chi connectivity index (χ0v) is 32.9. The highest BCUT2D eigenvalue weighted by Gasteiger charge is 2.47. The molecule has 0 aliphatic carbocycles. The van der Waals surface area contributed by atoms with Crippen LogP contribution in [0.5, 0.6) is 0 Å². The minimum atomic E-state index is -1.87. The van der Waals surface area contributed by atoms with Crippen LogP contribution in [0.25, 0.3) is 0 Å². The molecule has 6 atom stereocenters. The van der Waals surface area contributed by atoms with Gasteiger partial charge in [-0.3, -0.25) is 9.59 Å². The van der Waals surface area contributed by atoms with E-state index in [9.17, 15) is 34.8 Å². The molecule has 1 aliphatic heterocycles. The normalized spacial score (nSPS) is 21.2. The molecule has 1 aliphatic rings. The average molecular weight is 763 g/mol. The van der Waals surface area contributed by atoms with Crippen LogP contribution in [0.2, 0.25) is 0 Å². The number of carbonyl (C=O) groups excluding carboxylic acids is 2. The van der Waals surface area contributed by atoms with Gasteiger partial charge >= 0.3 is 17.9 Å². The van der Waals surface area contributed by atoms with Gasteiger partial charge in [-0.15, -0.1) is 0 Å². The van der Waals surface area contributed by atoms with Crippen molar-refractivity contribution in [2.24, 2.45) is 0 Å². The fourth-order valence-corrected chi connectivity index (χ4v) is 5.72. The van der Waals surface area contributed by atoms with Crippen molar-refractivity contribution >= 4 is 17.9 Å². The third kappa shape index (κ3) is 25.1. The number of ether oxygens (including phenoxy) is 4. The highest BCUT2D eigenvalue weighted by Crippen LogP contribution is 2.23. The van der Waals surface area contributed by atoms with Gasteiger partial charge in [0.25, 0.3) is 0 Å². The van der Waals surface area contributed by atoms with E-state index in [1.54, 1.807) is 6.08 Å². The van der Waals surface area contributed by atoms with Crippen LogP contribution in [0, 0.1) is 0 Å². The molecule has 54 heavy (non-hydrogen) atoms. The summed E-state index contributed by atoms with van der Waals surface area (Å²) in [5, 5.41) is 39.7. The fourth-order valence-electron chi connectivity index (χ4n) is 5.72. The molecule has 0 amide bonds. The molecule has 0 aromatic rings. The summed E-state index contributed by atoms with van der Waals surface area (Å²) in [5.74, 6) is -2.61. The van der Waals surface area contributed by atoms with Crippen molar-refractivity contribution in [3.8, 4) is 0 Å². The molecule has 1 rings (SSSR count). The number of carbonyl (C=O) groups is 3.